The molecule has 0 unspecified atom stereocenters. The summed E-state index contributed by atoms with van der Waals surface area (Å²) in [6, 6.07) is 20.0. The molecule has 1 aliphatic rings. The number of pyridine rings is 1. The maximum absolute atomic E-state index is 12.6. The van der Waals surface area contributed by atoms with E-state index in [0.29, 0.717) is 11.2 Å². The first-order chi connectivity index (χ1) is 18.1. The van der Waals surface area contributed by atoms with Gasteiger partial charge in [-0.2, -0.15) is 0 Å². The second-order valence-corrected chi connectivity index (χ2v) is 10.9. The smallest absolute Gasteiger partial charge is 0.408 e. The van der Waals surface area contributed by atoms with Crippen LogP contribution in [0.2, 0.25) is 0 Å². The van der Waals surface area contributed by atoms with Crippen LogP contribution in [0.4, 0.5) is 4.79 Å². The third-order valence-electron chi connectivity index (χ3n) is 6.97. The normalized spacial score (nSPS) is 14.6. The van der Waals surface area contributed by atoms with Gasteiger partial charge in [-0.3, -0.25) is 4.40 Å². The SMILES string of the molecule is COC(=O)c1cc(C)cn2c(-c3ccccc3)c(-c3ccc(C4(NC(=O)OC(C)(C)C)CCC4)cc3)nc12. The second-order valence-electron chi connectivity index (χ2n) is 10.9. The summed E-state index contributed by atoms with van der Waals surface area (Å²) < 4.78 is 12.6. The predicted molar refractivity (Wildman–Crippen MR) is 147 cm³/mol. The number of nitrogens with zero attached hydrogens (tertiary/aromatic N) is 2. The Kier molecular flexibility index (Phi) is 6.47. The Morgan fingerprint density at radius 1 is 1.00 bits per heavy atom. The maximum Gasteiger partial charge on any atom is 0.408 e. The van der Waals surface area contributed by atoms with E-state index < -0.39 is 23.2 Å². The number of imidazole rings is 1. The Bertz CT molecular complexity index is 1490. The summed E-state index contributed by atoms with van der Waals surface area (Å²) in [5.41, 5.74) is 5.50. The zero-order chi connectivity index (χ0) is 27.1. The van der Waals surface area contributed by atoms with Gasteiger partial charge in [0.25, 0.3) is 0 Å². The van der Waals surface area contributed by atoms with Crippen molar-refractivity contribution in [3.05, 3.63) is 83.6 Å². The Labute approximate surface area is 222 Å². The van der Waals surface area contributed by atoms with E-state index >= 15 is 0 Å². The van der Waals surface area contributed by atoms with Crippen LogP contribution in [-0.4, -0.2) is 34.2 Å². The van der Waals surface area contributed by atoms with Crippen molar-refractivity contribution < 1.29 is 19.1 Å². The fraction of sp³-hybridized carbons (Fsp3) is 0.323. The summed E-state index contributed by atoms with van der Waals surface area (Å²) in [5.74, 6) is -0.426. The molecule has 1 fully saturated rings. The van der Waals surface area contributed by atoms with Crippen LogP contribution in [0.1, 0.15) is 61.5 Å². The summed E-state index contributed by atoms with van der Waals surface area (Å²) in [5, 5.41) is 3.12. The molecule has 5 rings (SSSR count). The number of methoxy groups -OCH3 is 1. The average Bonchev–Trinajstić information content (AvgIpc) is 3.24. The Balaban J connectivity index is 1.59. The molecule has 2 aromatic heterocycles. The van der Waals surface area contributed by atoms with E-state index in [4.69, 9.17) is 14.5 Å². The van der Waals surface area contributed by atoms with E-state index in [9.17, 15) is 9.59 Å². The number of carbonyl (C=O) groups excluding carboxylic acids is 2. The van der Waals surface area contributed by atoms with Gasteiger partial charge in [0.2, 0.25) is 0 Å². The predicted octanol–water partition coefficient (Wildman–Crippen LogP) is 6.67. The van der Waals surface area contributed by atoms with Gasteiger partial charge in [0.1, 0.15) is 11.2 Å². The zero-order valence-electron chi connectivity index (χ0n) is 22.5. The minimum Gasteiger partial charge on any atom is -0.465 e. The zero-order valence-corrected chi connectivity index (χ0v) is 22.5. The van der Waals surface area contributed by atoms with Gasteiger partial charge in [0, 0.05) is 17.3 Å². The van der Waals surface area contributed by atoms with E-state index in [-0.39, 0.29) is 0 Å². The molecule has 7 heteroatoms. The number of esters is 1. The topological polar surface area (TPSA) is 81.9 Å². The lowest BCUT2D eigenvalue weighted by Crippen LogP contribution is -2.52. The number of ether oxygens (including phenoxy) is 2. The van der Waals surface area contributed by atoms with Crippen molar-refractivity contribution in [1.29, 1.82) is 0 Å². The lowest BCUT2D eigenvalue weighted by Gasteiger charge is -2.43. The molecule has 4 aromatic rings. The molecule has 7 nitrogen and oxygen atoms in total. The molecule has 1 N–H and O–H groups in total. The first-order valence-corrected chi connectivity index (χ1v) is 12.9. The van der Waals surface area contributed by atoms with E-state index in [1.165, 1.54) is 7.11 Å². The molecule has 2 heterocycles. The standard InChI is InChI=1S/C31H33N3O4/c1-20-18-24(28(35)37-5)27-32-25(26(34(27)19-20)22-10-7-6-8-11-22)21-12-14-23(15-13-21)31(16-9-17-31)33-29(36)38-30(2,3)4/h6-8,10-15,18-19H,9,16-17H2,1-5H3,(H,33,36). The van der Waals surface area contributed by atoms with Crippen LogP contribution in [0.5, 0.6) is 0 Å². The highest BCUT2D eigenvalue weighted by Crippen LogP contribution is 2.42. The second kappa shape index (κ2) is 9.63. The molecule has 1 saturated carbocycles. The van der Waals surface area contributed by atoms with Crippen LogP contribution in [0.15, 0.2) is 66.9 Å². The fourth-order valence-corrected chi connectivity index (χ4v) is 5.08. The van der Waals surface area contributed by atoms with Gasteiger partial charge in [-0.15, -0.1) is 0 Å². The minimum absolute atomic E-state index is 0.404. The largest absolute Gasteiger partial charge is 0.465 e. The van der Waals surface area contributed by atoms with Crippen LogP contribution in [0.3, 0.4) is 0 Å². The molecular weight excluding hydrogens is 478 g/mol. The highest BCUT2D eigenvalue weighted by Gasteiger charge is 2.41. The van der Waals surface area contributed by atoms with Crippen LogP contribution < -0.4 is 5.32 Å². The van der Waals surface area contributed by atoms with E-state index in [2.05, 4.69) is 17.4 Å². The summed E-state index contributed by atoms with van der Waals surface area (Å²) >= 11 is 0. The number of benzene rings is 2. The molecule has 38 heavy (non-hydrogen) atoms. The van der Waals surface area contributed by atoms with Crippen molar-refractivity contribution in [3.63, 3.8) is 0 Å². The maximum atomic E-state index is 12.6. The Hall–Kier alpha value is -4.13. The van der Waals surface area contributed by atoms with Crippen LogP contribution in [0.25, 0.3) is 28.2 Å². The fourth-order valence-electron chi connectivity index (χ4n) is 5.08. The van der Waals surface area contributed by atoms with Crippen LogP contribution in [0, 0.1) is 6.92 Å². The Morgan fingerprint density at radius 2 is 1.68 bits per heavy atom. The summed E-state index contributed by atoms with van der Waals surface area (Å²) in [7, 11) is 1.38. The number of rotatable bonds is 5. The van der Waals surface area contributed by atoms with Gasteiger partial charge in [0.15, 0.2) is 5.65 Å². The summed E-state index contributed by atoms with van der Waals surface area (Å²) in [6.45, 7) is 7.54. The van der Waals surface area contributed by atoms with Gasteiger partial charge in [-0.25, -0.2) is 14.6 Å². The molecule has 0 bridgehead atoms. The lowest BCUT2D eigenvalue weighted by atomic mass is 9.71. The van der Waals surface area contributed by atoms with Crippen molar-refractivity contribution >= 4 is 17.7 Å². The van der Waals surface area contributed by atoms with E-state index in [1.807, 2.05) is 80.8 Å². The van der Waals surface area contributed by atoms with Crippen molar-refractivity contribution in [2.45, 2.75) is 58.1 Å². The number of aromatic nitrogens is 2. The molecule has 0 atom stereocenters. The highest BCUT2D eigenvalue weighted by molar-refractivity contribution is 5.98. The number of carbonyl (C=O) groups is 2. The number of amides is 1. The molecule has 0 saturated heterocycles. The number of hydrogen-bond acceptors (Lipinski definition) is 5. The average molecular weight is 512 g/mol. The van der Waals surface area contributed by atoms with Gasteiger partial charge < -0.3 is 14.8 Å². The van der Waals surface area contributed by atoms with Crippen molar-refractivity contribution in [2.24, 2.45) is 0 Å². The van der Waals surface area contributed by atoms with Gasteiger partial charge in [-0.1, -0.05) is 54.6 Å². The van der Waals surface area contributed by atoms with Crippen LogP contribution in [-0.2, 0) is 15.0 Å². The molecule has 0 spiro atoms. The quantitative estimate of drug-likeness (QED) is 0.303. The molecule has 196 valence electrons. The highest BCUT2D eigenvalue weighted by atomic mass is 16.6. The number of fused-ring (bicyclic) bond motifs is 1. The van der Waals surface area contributed by atoms with Gasteiger partial charge >= 0.3 is 12.1 Å². The molecular formula is C31H33N3O4. The van der Waals surface area contributed by atoms with Crippen molar-refractivity contribution in [3.8, 4) is 22.5 Å². The van der Waals surface area contributed by atoms with Crippen LogP contribution >= 0.6 is 0 Å². The third-order valence-corrected chi connectivity index (χ3v) is 6.97. The minimum atomic E-state index is -0.558. The lowest BCUT2D eigenvalue weighted by molar-refractivity contribution is 0.0377. The molecule has 1 aliphatic carbocycles. The van der Waals surface area contributed by atoms with Gasteiger partial charge in [0.05, 0.1) is 24.0 Å². The van der Waals surface area contributed by atoms with E-state index in [0.717, 1.165) is 52.9 Å². The van der Waals surface area contributed by atoms with Crippen molar-refractivity contribution in [1.82, 2.24) is 14.7 Å². The number of nitrogens with one attached hydrogen (secondary N) is 1. The van der Waals surface area contributed by atoms with Gasteiger partial charge in [-0.05, 0) is 64.2 Å². The summed E-state index contributed by atoms with van der Waals surface area (Å²) in [4.78, 5) is 30.2. The molecule has 0 aliphatic heterocycles. The number of alkyl carbamates (subject to hydrolysis) is 1. The monoisotopic (exact) mass is 511 g/mol. The molecule has 1 amide bonds. The Morgan fingerprint density at radius 3 is 2.26 bits per heavy atom. The van der Waals surface area contributed by atoms with Crippen molar-refractivity contribution in [2.75, 3.05) is 7.11 Å². The first kappa shape index (κ1) is 25.5. The first-order valence-electron chi connectivity index (χ1n) is 12.9. The summed E-state index contributed by atoms with van der Waals surface area (Å²) in [6.07, 6.45) is 4.34. The van der Waals surface area contributed by atoms with E-state index in [1.54, 1.807) is 6.07 Å². The number of aryl methyl sites for hydroxylation is 1. The number of hydrogen-bond donors (Lipinski definition) is 1. The third kappa shape index (κ3) is 4.76. The molecule has 0 radical (unpaired) electrons. The molecule has 2 aromatic carbocycles.